The van der Waals surface area contributed by atoms with Gasteiger partial charge in [-0.15, -0.1) is 0 Å². The molecule has 5 rings (SSSR count). The summed E-state index contributed by atoms with van der Waals surface area (Å²) in [6.45, 7) is 4.54. The summed E-state index contributed by atoms with van der Waals surface area (Å²) < 4.78 is 35.3. The number of imidazole rings is 1. The summed E-state index contributed by atoms with van der Waals surface area (Å²) in [4.78, 5) is 9.44. The van der Waals surface area contributed by atoms with Crippen molar-refractivity contribution in [2.75, 3.05) is 18.2 Å². The molecule has 4 heterocycles. The van der Waals surface area contributed by atoms with Gasteiger partial charge in [0.2, 0.25) is 0 Å². The summed E-state index contributed by atoms with van der Waals surface area (Å²) in [7, 11) is -1.71. The lowest BCUT2D eigenvalue weighted by atomic mass is 10.1. The molecule has 0 radical (unpaired) electrons. The number of benzene rings is 1. The zero-order valence-electron chi connectivity index (χ0n) is 20.0. The average molecular weight is 515 g/mol. The fourth-order valence-electron chi connectivity index (χ4n) is 4.54. The lowest BCUT2D eigenvalue weighted by Crippen LogP contribution is -2.19. The van der Waals surface area contributed by atoms with E-state index in [4.69, 9.17) is 21.3 Å². The van der Waals surface area contributed by atoms with Crippen LogP contribution in [0.15, 0.2) is 35.4 Å². The number of aryl methyl sites for hydroxylation is 2. The molecule has 1 aliphatic heterocycles. The molecule has 1 fully saturated rings. The first-order valence-corrected chi connectivity index (χ1v) is 13.7. The minimum atomic E-state index is -3.56. The van der Waals surface area contributed by atoms with E-state index in [1.54, 1.807) is 29.1 Å². The van der Waals surface area contributed by atoms with Gasteiger partial charge >= 0.3 is 0 Å². The molecule has 1 aliphatic rings. The van der Waals surface area contributed by atoms with Gasteiger partial charge in [-0.2, -0.15) is 5.10 Å². The van der Waals surface area contributed by atoms with Crippen LogP contribution in [0.1, 0.15) is 37.0 Å². The van der Waals surface area contributed by atoms with Crippen molar-refractivity contribution < 1.29 is 13.2 Å². The average Bonchev–Trinajstić information content (AvgIpc) is 3.32. The summed E-state index contributed by atoms with van der Waals surface area (Å²) in [6, 6.07) is 6.96. The van der Waals surface area contributed by atoms with Crippen molar-refractivity contribution in [2.24, 2.45) is 7.05 Å². The third kappa shape index (κ3) is 4.41. The number of hydrogen-bond donors (Lipinski definition) is 1. The quantitative estimate of drug-likeness (QED) is 0.376. The van der Waals surface area contributed by atoms with Gasteiger partial charge in [0.15, 0.2) is 15.5 Å². The molecule has 9 nitrogen and oxygen atoms in total. The number of pyridine rings is 1. The van der Waals surface area contributed by atoms with E-state index in [2.05, 4.69) is 15.4 Å². The standard InChI is InChI=1S/C24H27ClN6O3S/c1-14-17(13-26-30(14)3)16-8-9-18(20(11-16)35(4,32)33)28-19-12-21(25)29-24-23(19)27-15(2)31(24)22-7-5-6-10-34-22/h8-9,11-13,22H,5-7,10H2,1-4H3,(H,28,29). The maximum Gasteiger partial charge on any atom is 0.177 e. The summed E-state index contributed by atoms with van der Waals surface area (Å²) in [6.07, 6.45) is 5.75. The van der Waals surface area contributed by atoms with Gasteiger partial charge in [-0.1, -0.05) is 17.7 Å². The van der Waals surface area contributed by atoms with Crippen LogP contribution in [0.5, 0.6) is 0 Å². The molecule has 1 saturated heterocycles. The highest BCUT2D eigenvalue weighted by molar-refractivity contribution is 7.90. The van der Waals surface area contributed by atoms with E-state index in [0.717, 1.165) is 41.9 Å². The van der Waals surface area contributed by atoms with Crippen molar-refractivity contribution in [1.29, 1.82) is 0 Å². The van der Waals surface area contributed by atoms with E-state index < -0.39 is 9.84 Å². The predicted molar refractivity (Wildman–Crippen MR) is 136 cm³/mol. The zero-order valence-corrected chi connectivity index (χ0v) is 21.6. The topological polar surface area (TPSA) is 104 Å². The molecule has 184 valence electrons. The third-order valence-electron chi connectivity index (χ3n) is 6.43. The van der Waals surface area contributed by atoms with Crippen molar-refractivity contribution in [3.05, 3.63) is 47.1 Å². The Morgan fingerprint density at radius 1 is 1.14 bits per heavy atom. The molecule has 0 amide bonds. The number of nitrogens with one attached hydrogen (secondary N) is 1. The minimum Gasteiger partial charge on any atom is -0.358 e. The number of hydrogen-bond acceptors (Lipinski definition) is 7. The van der Waals surface area contributed by atoms with Gasteiger partial charge in [0, 0.05) is 37.2 Å². The molecule has 0 bridgehead atoms. The second-order valence-corrected chi connectivity index (χ2v) is 11.3. The van der Waals surface area contributed by atoms with Gasteiger partial charge in [-0.3, -0.25) is 9.25 Å². The first kappa shape index (κ1) is 23.8. The van der Waals surface area contributed by atoms with Gasteiger partial charge < -0.3 is 10.1 Å². The second-order valence-electron chi connectivity index (χ2n) is 8.89. The van der Waals surface area contributed by atoms with Gasteiger partial charge in [0.05, 0.1) is 22.5 Å². The molecular formula is C24H27ClN6O3S. The van der Waals surface area contributed by atoms with Crippen molar-refractivity contribution in [2.45, 2.75) is 44.2 Å². The molecule has 0 aliphatic carbocycles. The first-order chi connectivity index (χ1) is 16.6. The molecule has 0 spiro atoms. The van der Waals surface area contributed by atoms with Gasteiger partial charge in [-0.25, -0.2) is 18.4 Å². The molecule has 35 heavy (non-hydrogen) atoms. The number of anilines is 2. The molecule has 1 N–H and O–H groups in total. The van der Waals surface area contributed by atoms with Gasteiger partial charge in [0.1, 0.15) is 22.7 Å². The highest BCUT2D eigenvalue weighted by Gasteiger charge is 2.24. The Morgan fingerprint density at radius 3 is 2.60 bits per heavy atom. The van der Waals surface area contributed by atoms with E-state index in [0.29, 0.717) is 29.1 Å². The monoisotopic (exact) mass is 514 g/mol. The largest absolute Gasteiger partial charge is 0.358 e. The van der Waals surface area contributed by atoms with Crippen molar-refractivity contribution in [3.63, 3.8) is 0 Å². The lowest BCUT2D eigenvalue weighted by molar-refractivity contribution is -0.0309. The van der Waals surface area contributed by atoms with Crippen LogP contribution >= 0.6 is 11.6 Å². The first-order valence-electron chi connectivity index (χ1n) is 11.4. The highest BCUT2D eigenvalue weighted by Crippen LogP contribution is 2.36. The molecule has 1 atom stereocenters. The molecule has 4 aromatic rings. The fourth-order valence-corrected chi connectivity index (χ4v) is 5.58. The SMILES string of the molecule is Cc1c(-c2ccc(Nc3cc(Cl)nc4c3nc(C)n4C3CCCCO3)c(S(C)(=O)=O)c2)cnn1C. The summed E-state index contributed by atoms with van der Waals surface area (Å²) in [5, 5.41) is 7.82. The number of ether oxygens (including phenoxy) is 1. The van der Waals surface area contributed by atoms with Gasteiger partial charge in [-0.05, 0) is 50.8 Å². The minimum absolute atomic E-state index is 0.152. The highest BCUT2D eigenvalue weighted by atomic mass is 35.5. The maximum absolute atomic E-state index is 12.8. The number of rotatable bonds is 5. The van der Waals surface area contributed by atoms with Crippen LogP contribution in [0.4, 0.5) is 11.4 Å². The van der Waals surface area contributed by atoms with E-state index in [1.165, 1.54) is 6.26 Å². The Hall–Kier alpha value is -2.95. The van der Waals surface area contributed by atoms with Crippen LogP contribution < -0.4 is 5.32 Å². The van der Waals surface area contributed by atoms with E-state index in [1.807, 2.05) is 31.5 Å². The van der Waals surface area contributed by atoms with Crippen LogP contribution in [0.25, 0.3) is 22.3 Å². The Labute approximate surface area is 209 Å². The number of halogens is 1. The van der Waals surface area contributed by atoms with Crippen LogP contribution in [-0.4, -0.2) is 45.6 Å². The molecule has 1 aromatic carbocycles. The molecule has 3 aromatic heterocycles. The Morgan fingerprint density at radius 2 is 1.94 bits per heavy atom. The molecule has 0 saturated carbocycles. The zero-order chi connectivity index (χ0) is 24.9. The molecule has 11 heteroatoms. The van der Waals surface area contributed by atoms with E-state index in [9.17, 15) is 8.42 Å². The fraction of sp³-hybridized carbons (Fsp3) is 0.375. The van der Waals surface area contributed by atoms with Crippen LogP contribution in [-0.2, 0) is 21.6 Å². The predicted octanol–water partition coefficient (Wildman–Crippen LogP) is 4.95. The van der Waals surface area contributed by atoms with E-state index >= 15 is 0 Å². The maximum atomic E-state index is 12.8. The van der Waals surface area contributed by atoms with Gasteiger partial charge in [0.25, 0.3) is 0 Å². The molecular weight excluding hydrogens is 488 g/mol. The second kappa shape index (κ2) is 8.92. The Kier molecular flexibility index (Phi) is 6.06. The van der Waals surface area contributed by atoms with Crippen molar-refractivity contribution >= 4 is 44.0 Å². The summed E-state index contributed by atoms with van der Waals surface area (Å²) in [5.74, 6) is 0.760. The Balaban J connectivity index is 1.61. The van der Waals surface area contributed by atoms with Crippen LogP contribution in [0.2, 0.25) is 5.15 Å². The van der Waals surface area contributed by atoms with Crippen molar-refractivity contribution in [3.8, 4) is 11.1 Å². The lowest BCUT2D eigenvalue weighted by Gasteiger charge is -2.25. The van der Waals surface area contributed by atoms with Crippen LogP contribution in [0, 0.1) is 13.8 Å². The number of fused-ring (bicyclic) bond motifs is 1. The van der Waals surface area contributed by atoms with Crippen LogP contribution in [0.3, 0.4) is 0 Å². The summed E-state index contributed by atoms with van der Waals surface area (Å²) in [5.41, 5.74) is 4.81. The number of aromatic nitrogens is 5. The summed E-state index contributed by atoms with van der Waals surface area (Å²) >= 11 is 6.40. The molecule has 1 unspecified atom stereocenters. The van der Waals surface area contributed by atoms with Crippen molar-refractivity contribution in [1.82, 2.24) is 24.3 Å². The third-order valence-corrected chi connectivity index (χ3v) is 7.76. The van der Waals surface area contributed by atoms with E-state index in [-0.39, 0.29) is 16.3 Å². The number of sulfone groups is 1. The Bertz CT molecular complexity index is 1540. The smallest absolute Gasteiger partial charge is 0.177 e. The normalized spacial score (nSPS) is 16.7. The number of nitrogens with zero attached hydrogens (tertiary/aromatic N) is 5.